The fraction of sp³-hybridized carbons (Fsp3) is 0.278. The predicted octanol–water partition coefficient (Wildman–Crippen LogP) is 1.97. The molecule has 25 heavy (non-hydrogen) atoms. The van der Waals surface area contributed by atoms with Crippen LogP contribution in [0.25, 0.3) is 6.08 Å². The normalized spacial score (nSPS) is 16.4. The maximum atomic E-state index is 12.5. The van der Waals surface area contributed by atoms with E-state index in [1.54, 1.807) is 41.5 Å². The molecule has 1 aromatic heterocycles. The molecule has 1 saturated heterocycles. The topological polar surface area (TPSA) is 70.8 Å². The van der Waals surface area contributed by atoms with Gasteiger partial charge in [-0.2, -0.15) is 4.31 Å². The van der Waals surface area contributed by atoms with Gasteiger partial charge in [0.2, 0.25) is 15.9 Å². The highest BCUT2D eigenvalue weighted by Gasteiger charge is 2.28. The molecule has 1 aromatic carbocycles. The van der Waals surface area contributed by atoms with Crippen molar-refractivity contribution in [2.45, 2.75) is 5.75 Å². The Balaban J connectivity index is 1.55. The number of hydrogen-bond donors (Lipinski definition) is 0. The SMILES string of the molecule is O=C(C=Cc1ccco1)N1CCN(S(=O)(=O)Cc2ccccc2)CC1. The van der Waals surface area contributed by atoms with Gasteiger partial charge in [-0.3, -0.25) is 4.79 Å². The van der Waals surface area contributed by atoms with Crippen LogP contribution in [0.5, 0.6) is 0 Å². The standard InChI is InChI=1S/C18H20N2O4S/c21-18(9-8-17-7-4-14-24-17)19-10-12-20(13-11-19)25(22,23)15-16-5-2-1-3-6-16/h1-9,14H,10-13,15H2. The second-order valence-electron chi connectivity index (χ2n) is 5.81. The van der Waals surface area contributed by atoms with Crippen molar-refractivity contribution >= 4 is 22.0 Å². The van der Waals surface area contributed by atoms with Crippen LogP contribution in [0.15, 0.2) is 59.2 Å². The zero-order chi connectivity index (χ0) is 17.7. The van der Waals surface area contributed by atoms with Crippen molar-refractivity contribution in [3.05, 3.63) is 66.1 Å². The monoisotopic (exact) mass is 360 g/mol. The van der Waals surface area contributed by atoms with Gasteiger partial charge in [-0.1, -0.05) is 30.3 Å². The van der Waals surface area contributed by atoms with Crippen LogP contribution >= 0.6 is 0 Å². The number of amides is 1. The summed E-state index contributed by atoms with van der Waals surface area (Å²) in [5.41, 5.74) is 0.766. The molecule has 6 nitrogen and oxygen atoms in total. The Morgan fingerprint density at radius 3 is 2.40 bits per heavy atom. The average Bonchev–Trinajstić information content (AvgIpc) is 3.14. The first-order chi connectivity index (χ1) is 12.0. The third-order valence-corrected chi connectivity index (χ3v) is 5.92. The Kier molecular flexibility index (Phi) is 5.35. The molecule has 1 aliphatic heterocycles. The first-order valence-electron chi connectivity index (χ1n) is 8.07. The van der Waals surface area contributed by atoms with E-state index >= 15 is 0 Å². The van der Waals surface area contributed by atoms with Gasteiger partial charge in [0, 0.05) is 32.3 Å². The Hall–Kier alpha value is -2.38. The van der Waals surface area contributed by atoms with Crippen LogP contribution in [-0.2, 0) is 20.6 Å². The summed E-state index contributed by atoms with van der Waals surface area (Å²) < 4.78 is 31.6. The van der Waals surface area contributed by atoms with Crippen molar-refractivity contribution < 1.29 is 17.6 Å². The predicted molar refractivity (Wildman–Crippen MR) is 95.0 cm³/mol. The Morgan fingerprint density at radius 1 is 1.04 bits per heavy atom. The van der Waals surface area contributed by atoms with Crippen LogP contribution < -0.4 is 0 Å². The first kappa shape index (κ1) is 17.4. The summed E-state index contributed by atoms with van der Waals surface area (Å²) in [4.78, 5) is 13.8. The van der Waals surface area contributed by atoms with Gasteiger partial charge in [-0.25, -0.2) is 8.42 Å². The zero-order valence-corrected chi connectivity index (χ0v) is 14.6. The van der Waals surface area contributed by atoms with Gasteiger partial charge >= 0.3 is 0 Å². The molecule has 7 heteroatoms. The molecule has 0 unspecified atom stereocenters. The summed E-state index contributed by atoms with van der Waals surface area (Å²) in [6.45, 7) is 1.40. The molecule has 0 N–H and O–H groups in total. The molecular weight excluding hydrogens is 340 g/mol. The van der Waals surface area contributed by atoms with E-state index in [9.17, 15) is 13.2 Å². The minimum Gasteiger partial charge on any atom is -0.465 e. The number of nitrogens with zero attached hydrogens (tertiary/aromatic N) is 2. The average molecular weight is 360 g/mol. The summed E-state index contributed by atoms with van der Waals surface area (Å²) in [6, 6.07) is 12.6. The maximum Gasteiger partial charge on any atom is 0.246 e. The number of furan rings is 1. The second-order valence-corrected chi connectivity index (χ2v) is 7.78. The summed E-state index contributed by atoms with van der Waals surface area (Å²) in [5, 5.41) is 0. The third-order valence-electron chi connectivity index (χ3n) is 4.07. The number of carbonyl (C=O) groups excluding carboxylic acids is 1. The number of benzene rings is 1. The smallest absolute Gasteiger partial charge is 0.246 e. The summed E-state index contributed by atoms with van der Waals surface area (Å²) >= 11 is 0. The van der Waals surface area contributed by atoms with E-state index in [2.05, 4.69) is 0 Å². The number of rotatable bonds is 5. The van der Waals surface area contributed by atoms with E-state index < -0.39 is 10.0 Å². The molecule has 0 bridgehead atoms. The van der Waals surface area contributed by atoms with Gasteiger partial charge in [0.25, 0.3) is 0 Å². The Bertz CT molecular complexity index is 821. The maximum absolute atomic E-state index is 12.5. The summed E-state index contributed by atoms with van der Waals surface area (Å²) in [7, 11) is -3.37. The lowest BCUT2D eigenvalue weighted by molar-refractivity contribution is -0.127. The van der Waals surface area contributed by atoms with Crippen LogP contribution in [0, 0.1) is 0 Å². The summed E-state index contributed by atoms with van der Waals surface area (Å²) in [5.74, 6) is 0.453. The van der Waals surface area contributed by atoms with Crippen LogP contribution in [0.4, 0.5) is 0 Å². The quantitative estimate of drug-likeness (QED) is 0.765. The number of hydrogen-bond acceptors (Lipinski definition) is 4. The zero-order valence-electron chi connectivity index (χ0n) is 13.7. The van der Waals surface area contributed by atoms with Crippen molar-refractivity contribution in [2.75, 3.05) is 26.2 Å². The molecule has 0 saturated carbocycles. The van der Waals surface area contributed by atoms with Crippen molar-refractivity contribution in [3.8, 4) is 0 Å². The fourth-order valence-electron chi connectivity index (χ4n) is 2.71. The molecule has 0 spiro atoms. The summed E-state index contributed by atoms with van der Waals surface area (Å²) in [6.07, 6.45) is 4.61. The molecule has 1 aliphatic rings. The molecule has 2 heterocycles. The lowest BCUT2D eigenvalue weighted by Crippen LogP contribution is -2.50. The van der Waals surface area contributed by atoms with Gasteiger partial charge < -0.3 is 9.32 Å². The van der Waals surface area contributed by atoms with Crippen LogP contribution in [-0.4, -0.2) is 49.7 Å². The van der Waals surface area contributed by atoms with Crippen molar-refractivity contribution in [1.82, 2.24) is 9.21 Å². The van der Waals surface area contributed by atoms with E-state index in [1.807, 2.05) is 18.2 Å². The molecule has 2 aromatic rings. The Morgan fingerprint density at radius 2 is 1.76 bits per heavy atom. The number of piperazine rings is 1. The van der Waals surface area contributed by atoms with Crippen molar-refractivity contribution in [1.29, 1.82) is 0 Å². The number of sulfonamides is 1. The number of carbonyl (C=O) groups is 1. The van der Waals surface area contributed by atoms with Crippen LogP contribution in [0.3, 0.4) is 0 Å². The molecule has 0 radical (unpaired) electrons. The van der Waals surface area contributed by atoms with Crippen molar-refractivity contribution in [2.24, 2.45) is 0 Å². The van der Waals surface area contributed by atoms with Crippen LogP contribution in [0.1, 0.15) is 11.3 Å². The van der Waals surface area contributed by atoms with Crippen LogP contribution in [0.2, 0.25) is 0 Å². The minimum atomic E-state index is -3.37. The lowest BCUT2D eigenvalue weighted by atomic mass is 10.2. The third kappa shape index (κ3) is 4.58. The highest BCUT2D eigenvalue weighted by atomic mass is 32.2. The lowest BCUT2D eigenvalue weighted by Gasteiger charge is -2.33. The first-order valence-corrected chi connectivity index (χ1v) is 9.68. The fourth-order valence-corrected chi connectivity index (χ4v) is 4.22. The largest absolute Gasteiger partial charge is 0.465 e. The van der Waals surface area contributed by atoms with E-state index in [0.29, 0.717) is 31.9 Å². The van der Waals surface area contributed by atoms with Gasteiger partial charge in [-0.05, 0) is 23.8 Å². The Labute approximate surface area is 147 Å². The van der Waals surface area contributed by atoms with Crippen molar-refractivity contribution in [3.63, 3.8) is 0 Å². The molecule has 132 valence electrons. The van der Waals surface area contributed by atoms with E-state index in [4.69, 9.17) is 4.42 Å². The van der Waals surface area contributed by atoms with E-state index in [0.717, 1.165) is 5.56 Å². The molecular formula is C18H20N2O4S. The molecule has 0 aliphatic carbocycles. The minimum absolute atomic E-state index is 0.0137. The highest BCUT2D eigenvalue weighted by molar-refractivity contribution is 7.88. The second kappa shape index (κ2) is 7.67. The van der Waals surface area contributed by atoms with E-state index in [-0.39, 0.29) is 11.7 Å². The molecule has 0 atom stereocenters. The molecule has 1 amide bonds. The molecule has 1 fully saturated rings. The van der Waals surface area contributed by atoms with Gasteiger partial charge in [0.15, 0.2) is 0 Å². The van der Waals surface area contributed by atoms with Gasteiger partial charge in [0.1, 0.15) is 5.76 Å². The van der Waals surface area contributed by atoms with Gasteiger partial charge in [-0.15, -0.1) is 0 Å². The highest BCUT2D eigenvalue weighted by Crippen LogP contribution is 2.14. The van der Waals surface area contributed by atoms with Gasteiger partial charge in [0.05, 0.1) is 12.0 Å². The van der Waals surface area contributed by atoms with E-state index in [1.165, 1.54) is 10.4 Å². The molecule has 3 rings (SSSR count).